The molecule has 23 heavy (non-hydrogen) atoms. The quantitative estimate of drug-likeness (QED) is 0.619. The molecule has 6 heteroatoms. The van der Waals surface area contributed by atoms with Gasteiger partial charge in [-0.3, -0.25) is 9.36 Å². The predicted molar refractivity (Wildman–Crippen MR) is 84.9 cm³/mol. The maximum absolute atomic E-state index is 13.6. The van der Waals surface area contributed by atoms with Gasteiger partial charge in [-0.2, -0.15) is 0 Å². The van der Waals surface area contributed by atoms with Gasteiger partial charge in [-0.15, -0.1) is 0 Å². The molecule has 0 unspecified atom stereocenters. The zero-order valence-corrected chi connectivity index (χ0v) is 11.9. The first-order chi connectivity index (χ1) is 11.2. The van der Waals surface area contributed by atoms with Gasteiger partial charge in [-0.25, -0.2) is 14.4 Å². The number of pyridine rings is 2. The third-order valence-corrected chi connectivity index (χ3v) is 3.52. The Kier molecular flexibility index (Phi) is 3.01. The van der Waals surface area contributed by atoms with E-state index in [-0.39, 0.29) is 11.4 Å². The summed E-state index contributed by atoms with van der Waals surface area (Å²) in [5.74, 6) is 0.223. The Morgan fingerprint density at radius 1 is 1.09 bits per heavy atom. The molecular formula is C17H11FN4O. The maximum Gasteiger partial charge on any atom is 0.248 e. The zero-order valence-electron chi connectivity index (χ0n) is 11.9. The van der Waals surface area contributed by atoms with Gasteiger partial charge in [0, 0.05) is 24.0 Å². The van der Waals surface area contributed by atoms with Gasteiger partial charge in [0.25, 0.3) is 0 Å². The van der Waals surface area contributed by atoms with E-state index in [1.54, 1.807) is 41.2 Å². The lowest BCUT2D eigenvalue weighted by Gasteiger charge is -2.08. The lowest BCUT2D eigenvalue weighted by Crippen LogP contribution is -2.06. The molecule has 0 atom stereocenters. The summed E-state index contributed by atoms with van der Waals surface area (Å²) < 4.78 is 15.4. The molecule has 0 saturated carbocycles. The summed E-state index contributed by atoms with van der Waals surface area (Å²) in [6.45, 7) is 0. The van der Waals surface area contributed by atoms with E-state index in [9.17, 15) is 9.18 Å². The number of H-pyrrole nitrogens is 1. The predicted octanol–water partition coefficient (Wildman–Crippen LogP) is 2.91. The molecule has 4 rings (SSSR count). The van der Waals surface area contributed by atoms with Gasteiger partial charge in [0.05, 0.1) is 5.69 Å². The van der Waals surface area contributed by atoms with Gasteiger partial charge in [0.15, 0.2) is 5.65 Å². The molecule has 0 bridgehead atoms. The number of aromatic nitrogens is 4. The molecule has 1 N–H and O–H groups in total. The SMILES string of the molecule is O=c1ccc(-n2c(-c3cccc(F)c3)nc3cccnc32)c[nH]1. The molecule has 112 valence electrons. The van der Waals surface area contributed by atoms with Crippen molar-refractivity contribution in [1.29, 1.82) is 0 Å². The minimum absolute atomic E-state index is 0.196. The fourth-order valence-electron chi connectivity index (χ4n) is 2.52. The van der Waals surface area contributed by atoms with E-state index in [1.807, 2.05) is 6.07 Å². The van der Waals surface area contributed by atoms with Crippen molar-refractivity contribution in [3.63, 3.8) is 0 Å². The van der Waals surface area contributed by atoms with Gasteiger partial charge in [0.2, 0.25) is 5.56 Å². The van der Waals surface area contributed by atoms with Crippen molar-refractivity contribution in [3.05, 3.63) is 77.1 Å². The number of fused-ring (bicyclic) bond motifs is 1. The van der Waals surface area contributed by atoms with E-state index in [0.717, 1.165) is 0 Å². The summed E-state index contributed by atoms with van der Waals surface area (Å²) in [4.78, 5) is 22.9. The molecular weight excluding hydrogens is 295 g/mol. The van der Waals surface area contributed by atoms with Crippen LogP contribution in [0.5, 0.6) is 0 Å². The second-order valence-electron chi connectivity index (χ2n) is 5.04. The number of rotatable bonds is 2. The van der Waals surface area contributed by atoms with Gasteiger partial charge in [-0.1, -0.05) is 12.1 Å². The molecule has 0 aliphatic rings. The summed E-state index contributed by atoms with van der Waals surface area (Å²) in [6.07, 6.45) is 3.25. The smallest absolute Gasteiger partial charge is 0.248 e. The molecule has 0 aliphatic carbocycles. The van der Waals surface area contributed by atoms with Crippen LogP contribution in [0.15, 0.2) is 65.7 Å². The van der Waals surface area contributed by atoms with Crippen LogP contribution in [0, 0.1) is 5.82 Å². The average Bonchev–Trinajstić information content (AvgIpc) is 2.95. The highest BCUT2D eigenvalue weighted by Crippen LogP contribution is 2.27. The number of nitrogens with one attached hydrogen (secondary N) is 1. The third-order valence-electron chi connectivity index (χ3n) is 3.52. The number of imidazole rings is 1. The van der Waals surface area contributed by atoms with Crippen LogP contribution in [-0.2, 0) is 0 Å². The summed E-state index contributed by atoms with van der Waals surface area (Å²) in [5, 5.41) is 0. The van der Waals surface area contributed by atoms with Crippen LogP contribution >= 0.6 is 0 Å². The molecule has 0 spiro atoms. The molecule has 1 aromatic carbocycles. The molecule has 0 saturated heterocycles. The van der Waals surface area contributed by atoms with Crippen molar-refractivity contribution >= 4 is 11.2 Å². The Balaban J connectivity index is 2.06. The second kappa shape index (κ2) is 5.17. The monoisotopic (exact) mass is 306 g/mol. The van der Waals surface area contributed by atoms with Crippen molar-refractivity contribution in [2.24, 2.45) is 0 Å². The highest BCUT2D eigenvalue weighted by molar-refractivity contribution is 5.79. The molecule has 3 aromatic heterocycles. The molecule has 4 aromatic rings. The van der Waals surface area contributed by atoms with Crippen molar-refractivity contribution in [2.45, 2.75) is 0 Å². The molecule has 3 heterocycles. The Morgan fingerprint density at radius 2 is 2.00 bits per heavy atom. The minimum Gasteiger partial charge on any atom is -0.327 e. The Morgan fingerprint density at radius 3 is 2.78 bits per heavy atom. The van der Waals surface area contributed by atoms with Crippen molar-refractivity contribution in [3.8, 4) is 17.1 Å². The number of benzene rings is 1. The van der Waals surface area contributed by atoms with E-state index < -0.39 is 0 Å². The van der Waals surface area contributed by atoms with E-state index in [1.165, 1.54) is 18.2 Å². The highest BCUT2D eigenvalue weighted by atomic mass is 19.1. The Hall–Kier alpha value is -3.28. The summed E-state index contributed by atoms with van der Waals surface area (Å²) in [6, 6.07) is 13.0. The molecule has 5 nitrogen and oxygen atoms in total. The van der Waals surface area contributed by atoms with Gasteiger partial charge in [-0.05, 0) is 30.3 Å². The van der Waals surface area contributed by atoms with Crippen LogP contribution in [-0.4, -0.2) is 19.5 Å². The van der Waals surface area contributed by atoms with Crippen molar-refractivity contribution in [1.82, 2.24) is 19.5 Å². The number of aromatic amines is 1. The maximum atomic E-state index is 13.6. The Labute approximate surface area is 130 Å². The number of hydrogen-bond acceptors (Lipinski definition) is 3. The van der Waals surface area contributed by atoms with Gasteiger partial charge < -0.3 is 4.98 Å². The second-order valence-corrected chi connectivity index (χ2v) is 5.04. The summed E-state index contributed by atoms with van der Waals surface area (Å²) in [7, 11) is 0. The van der Waals surface area contributed by atoms with Gasteiger partial charge >= 0.3 is 0 Å². The van der Waals surface area contributed by atoms with Crippen LogP contribution < -0.4 is 5.56 Å². The standard InChI is InChI=1S/C17H11FN4O/c18-12-4-1-3-11(9-12)16-21-14-5-2-8-19-17(14)22(16)13-6-7-15(23)20-10-13/h1-10H,(H,20,23). The largest absolute Gasteiger partial charge is 0.327 e. The van der Waals surface area contributed by atoms with Crippen LogP contribution in [0.3, 0.4) is 0 Å². The first-order valence-electron chi connectivity index (χ1n) is 7.01. The minimum atomic E-state index is -0.337. The molecule has 0 fully saturated rings. The fourth-order valence-corrected chi connectivity index (χ4v) is 2.52. The lowest BCUT2D eigenvalue weighted by molar-refractivity contribution is 0.628. The van der Waals surface area contributed by atoms with Gasteiger partial charge in [0.1, 0.15) is 17.2 Å². The van der Waals surface area contributed by atoms with Crippen LogP contribution in [0.25, 0.3) is 28.2 Å². The molecule has 0 aliphatic heterocycles. The highest BCUT2D eigenvalue weighted by Gasteiger charge is 2.15. The summed E-state index contributed by atoms with van der Waals surface area (Å²) >= 11 is 0. The molecule has 0 amide bonds. The summed E-state index contributed by atoms with van der Waals surface area (Å²) in [5.41, 5.74) is 2.47. The third kappa shape index (κ3) is 2.30. The van der Waals surface area contributed by atoms with E-state index >= 15 is 0 Å². The van der Waals surface area contributed by atoms with E-state index in [4.69, 9.17) is 0 Å². The van der Waals surface area contributed by atoms with Crippen LogP contribution in [0.4, 0.5) is 4.39 Å². The lowest BCUT2D eigenvalue weighted by atomic mass is 10.2. The topological polar surface area (TPSA) is 63.6 Å². The van der Waals surface area contributed by atoms with Crippen molar-refractivity contribution < 1.29 is 4.39 Å². The molecule has 0 radical (unpaired) electrons. The van der Waals surface area contributed by atoms with Crippen LogP contribution in [0.1, 0.15) is 0 Å². The van der Waals surface area contributed by atoms with E-state index in [2.05, 4.69) is 15.0 Å². The zero-order chi connectivity index (χ0) is 15.8. The van der Waals surface area contributed by atoms with Crippen LogP contribution in [0.2, 0.25) is 0 Å². The fraction of sp³-hybridized carbons (Fsp3) is 0. The Bertz CT molecular complexity index is 1050. The first-order valence-corrected chi connectivity index (χ1v) is 7.01. The first kappa shape index (κ1) is 13.4. The number of nitrogens with zero attached hydrogens (tertiary/aromatic N) is 3. The normalized spacial score (nSPS) is 11.0. The van der Waals surface area contributed by atoms with E-state index in [0.29, 0.717) is 28.2 Å². The number of hydrogen-bond donors (Lipinski definition) is 1. The number of halogens is 1. The average molecular weight is 306 g/mol. The van der Waals surface area contributed by atoms with Crippen molar-refractivity contribution in [2.75, 3.05) is 0 Å².